The van der Waals surface area contributed by atoms with E-state index >= 15 is 0 Å². The van der Waals surface area contributed by atoms with Gasteiger partial charge in [0.1, 0.15) is 17.3 Å². The Morgan fingerprint density at radius 1 is 1.18 bits per heavy atom. The van der Waals surface area contributed by atoms with Gasteiger partial charge in [0.2, 0.25) is 0 Å². The molecule has 0 amide bonds. The van der Waals surface area contributed by atoms with Crippen molar-refractivity contribution in [2.75, 3.05) is 5.73 Å². The topological polar surface area (TPSA) is 93.4 Å². The van der Waals surface area contributed by atoms with Crippen molar-refractivity contribution in [2.45, 2.75) is 0 Å². The second-order valence-corrected chi connectivity index (χ2v) is 3.81. The van der Waals surface area contributed by atoms with Crippen LogP contribution in [0.3, 0.4) is 0 Å². The molecule has 0 fully saturated rings. The second kappa shape index (κ2) is 3.67. The Morgan fingerprint density at radius 2 is 2.06 bits per heavy atom. The number of nitrogens with two attached hydrogens (primary N) is 1. The number of aromatic nitrogens is 5. The number of anilines is 1. The molecule has 3 heterocycles. The lowest BCUT2D eigenvalue weighted by Gasteiger charge is -1.99. The van der Waals surface area contributed by atoms with Crippen molar-refractivity contribution in [3.05, 3.63) is 29.8 Å². The van der Waals surface area contributed by atoms with Gasteiger partial charge < -0.3 is 5.73 Å². The average Bonchev–Trinajstić information content (AvgIpc) is 2.75. The maximum atomic E-state index is 5.81. The number of H-pyrrole nitrogens is 1. The third-order valence-corrected chi connectivity index (χ3v) is 2.62. The molecule has 0 saturated carbocycles. The Balaban J connectivity index is 2.27. The van der Waals surface area contributed by atoms with Crippen molar-refractivity contribution in [2.24, 2.45) is 0 Å². The fourth-order valence-corrected chi connectivity index (χ4v) is 1.72. The predicted octanol–water partition coefficient (Wildman–Crippen LogP) is 1.65. The Morgan fingerprint density at radius 3 is 2.82 bits per heavy atom. The number of aromatic amines is 1. The maximum absolute atomic E-state index is 5.81. The lowest BCUT2D eigenvalue weighted by Crippen LogP contribution is -1.92. The highest BCUT2D eigenvalue weighted by Gasteiger charge is 2.12. The molecular weight excluding hydrogens is 240 g/mol. The van der Waals surface area contributed by atoms with Gasteiger partial charge in [-0.15, -0.1) is 0 Å². The second-order valence-electron chi connectivity index (χ2n) is 3.43. The molecule has 7 heteroatoms. The van der Waals surface area contributed by atoms with E-state index < -0.39 is 0 Å². The molecule has 0 unspecified atom stereocenters. The van der Waals surface area contributed by atoms with E-state index in [1.807, 2.05) is 6.07 Å². The highest BCUT2D eigenvalue weighted by atomic mass is 35.5. The van der Waals surface area contributed by atoms with Crippen LogP contribution < -0.4 is 5.73 Å². The summed E-state index contributed by atoms with van der Waals surface area (Å²) >= 11 is 5.74. The summed E-state index contributed by atoms with van der Waals surface area (Å²) in [6, 6.07) is 3.53. The molecule has 3 aromatic heterocycles. The molecule has 17 heavy (non-hydrogen) atoms. The normalized spacial score (nSPS) is 10.9. The van der Waals surface area contributed by atoms with Crippen LogP contribution in [0.5, 0.6) is 0 Å². The summed E-state index contributed by atoms with van der Waals surface area (Å²) in [6.45, 7) is 0. The molecule has 0 aliphatic carbocycles. The minimum Gasteiger partial charge on any atom is -0.383 e. The summed E-state index contributed by atoms with van der Waals surface area (Å²) < 4.78 is 0. The summed E-state index contributed by atoms with van der Waals surface area (Å²) in [5, 5.41) is 8.06. The molecule has 0 spiro atoms. The number of hydrogen-bond acceptors (Lipinski definition) is 5. The molecular formula is C10H7ClN6. The van der Waals surface area contributed by atoms with Crippen molar-refractivity contribution in [3.8, 4) is 11.3 Å². The molecule has 3 N–H and O–H groups in total. The first-order valence-electron chi connectivity index (χ1n) is 4.82. The van der Waals surface area contributed by atoms with Gasteiger partial charge in [0.05, 0.1) is 11.1 Å². The molecule has 0 bridgehead atoms. The number of rotatable bonds is 1. The van der Waals surface area contributed by atoms with Crippen LogP contribution >= 0.6 is 11.6 Å². The van der Waals surface area contributed by atoms with Crippen LogP contribution in [0, 0.1) is 0 Å². The van der Waals surface area contributed by atoms with Gasteiger partial charge in [0, 0.05) is 11.8 Å². The average molecular weight is 247 g/mol. The number of hydrogen-bond donors (Lipinski definition) is 2. The Bertz CT molecular complexity index is 675. The van der Waals surface area contributed by atoms with E-state index in [4.69, 9.17) is 17.3 Å². The molecule has 0 aliphatic heterocycles. The summed E-state index contributed by atoms with van der Waals surface area (Å²) in [4.78, 5) is 12.0. The van der Waals surface area contributed by atoms with Gasteiger partial charge in [-0.3, -0.25) is 5.10 Å². The number of fused-ring (bicyclic) bond motifs is 1. The molecule has 0 saturated heterocycles. The van der Waals surface area contributed by atoms with Crippen LogP contribution in [0.25, 0.3) is 22.3 Å². The van der Waals surface area contributed by atoms with Crippen LogP contribution in [-0.4, -0.2) is 25.1 Å². The molecule has 84 valence electrons. The summed E-state index contributed by atoms with van der Waals surface area (Å²) in [6.07, 6.45) is 3.02. The zero-order valence-electron chi connectivity index (χ0n) is 8.55. The van der Waals surface area contributed by atoms with Crippen molar-refractivity contribution < 1.29 is 0 Å². The molecule has 0 radical (unpaired) electrons. The number of halogens is 1. The SMILES string of the molecule is Nc1ncnc2n[nH]c(-c3ccc(Cl)nc3)c12. The zero-order chi connectivity index (χ0) is 11.8. The molecule has 3 rings (SSSR count). The van der Waals surface area contributed by atoms with E-state index in [1.165, 1.54) is 6.33 Å². The van der Waals surface area contributed by atoms with Crippen LogP contribution in [0.2, 0.25) is 5.15 Å². The van der Waals surface area contributed by atoms with E-state index in [0.717, 1.165) is 11.3 Å². The molecule has 0 atom stereocenters. The van der Waals surface area contributed by atoms with E-state index in [-0.39, 0.29) is 0 Å². The van der Waals surface area contributed by atoms with Crippen molar-refractivity contribution >= 4 is 28.5 Å². The smallest absolute Gasteiger partial charge is 0.186 e. The maximum Gasteiger partial charge on any atom is 0.186 e. The summed E-state index contributed by atoms with van der Waals surface area (Å²) in [5.74, 6) is 0.383. The number of nitrogen functional groups attached to an aromatic ring is 1. The van der Waals surface area contributed by atoms with Gasteiger partial charge in [0.25, 0.3) is 0 Å². The first kappa shape index (κ1) is 9.98. The van der Waals surface area contributed by atoms with E-state index in [0.29, 0.717) is 22.0 Å². The first-order chi connectivity index (χ1) is 8.25. The monoisotopic (exact) mass is 246 g/mol. The Labute approximate surface area is 101 Å². The van der Waals surface area contributed by atoms with E-state index in [2.05, 4.69) is 25.1 Å². The lowest BCUT2D eigenvalue weighted by molar-refractivity contribution is 1.09. The van der Waals surface area contributed by atoms with Crippen molar-refractivity contribution in [3.63, 3.8) is 0 Å². The van der Waals surface area contributed by atoms with Crippen molar-refractivity contribution in [1.82, 2.24) is 25.1 Å². The van der Waals surface area contributed by atoms with Gasteiger partial charge in [0.15, 0.2) is 5.65 Å². The van der Waals surface area contributed by atoms with Gasteiger partial charge in [-0.1, -0.05) is 11.6 Å². The van der Waals surface area contributed by atoms with Crippen LogP contribution in [0.1, 0.15) is 0 Å². The zero-order valence-corrected chi connectivity index (χ0v) is 9.31. The molecule has 6 nitrogen and oxygen atoms in total. The Hall–Kier alpha value is -2.21. The van der Waals surface area contributed by atoms with Crippen LogP contribution in [0.15, 0.2) is 24.7 Å². The standard InChI is InChI=1S/C10H7ClN6/c11-6-2-1-5(3-13-6)8-7-9(12)14-4-15-10(7)17-16-8/h1-4H,(H3,12,14,15,16,17). The van der Waals surface area contributed by atoms with Crippen LogP contribution in [-0.2, 0) is 0 Å². The molecule has 0 aromatic carbocycles. The van der Waals surface area contributed by atoms with Gasteiger partial charge in [-0.25, -0.2) is 15.0 Å². The quantitative estimate of drug-likeness (QED) is 0.637. The Kier molecular flexibility index (Phi) is 2.15. The number of nitrogens with zero attached hydrogens (tertiary/aromatic N) is 4. The van der Waals surface area contributed by atoms with Crippen LogP contribution in [0.4, 0.5) is 5.82 Å². The van der Waals surface area contributed by atoms with Gasteiger partial charge >= 0.3 is 0 Å². The fraction of sp³-hybridized carbons (Fsp3) is 0. The minimum atomic E-state index is 0.383. The largest absolute Gasteiger partial charge is 0.383 e. The highest BCUT2D eigenvalue weighted by molar-refractivity contribution is 6.29. The van der Waals surface area contributed by atoms with E-state index in [9.17, 15) is 0 Å². The highest BCUT2D eigenvalue weighted by Crippen LogP contribution is 2.27. The number of nitrogens with one attached hydrogen (secondary N) is 1. The van der Waals surface area contributed by atoms with Crippen molar-refractivity contribution in [1.29, 1.82) is 0 Å². The minimum absolute atomic E-state index is 0.383. The fourth-order valence-electron chi connectivity index (χ4n) is 1.61. The predicted molar refractivity (Wildman–Crippen MR) is 64.3 cm³/mol. The summed E-state index contributed by atoms with van der Waals surface area (Å²) in [5.41, 5.74) is 7.91. The molecule has 0 aliphatic rings. The molecule has 3 aromatic rings. The summed E-state index contributed by atoms with van der Waals surface area (Å²) in [7, 11) is 0. The first-order valence-corrected chi connectivity index (χ1v) is 5.20. The number of pyridine rings is 1. The van der Waals surface area contributed by atoms with Gasteiger partial charge in [-0.2, -0.15) is 5.10 Å². The lowest BCUT2D eigenvalue weighted by atomic mass is 10.1. The third kappa shape index (κ3) is 1.58. The van der Waals surface area contributed by atoms with E-state index in [1.54, 1.807) is 12.3 Å². The third-order valence-electron chi connectivity index (χ3n) is 2.40. The van der Waals surface area contributed by atoms with Gasteiger partial charge in [-0.05, 0) is 12.1 Å².